The van der Waals surface area contributed by atoms with Crippen LogP contribution in [-0.4, -0.2) is 33.4 Å². The van der Waals surface area contributed by atoms with Crippen molar-refractivity contribution in [1.29, 1.82) is 0 Å². The van der Waals surface area contributed by atoms with Crippen molar-refractivity contribution in [2.75, 3.05) is 11.9 Å². The summed E-state index contributed by atoms with van der Waals surface area (Å²) in [6.07, 6.45) is 3.82. The van der Waals surface area contributed by atoms with Gasteiger partial charge in [-0.1, -0.05) is 0 Å². The lowest BCUT2D eigenvalue weighted by Crippen LogP contribution is -2.21. The van der Waals surface area contributed by atoms with E-state index in [1.807, 2.05) is 0 Å². The first kappa shape index (κ1) is 15.9. The van der Waals surface area contributed by atoms with E-state index in [0.29, 0.717) is 0 Å². The first-order chi connectivity index (χ1) is 11.0. The Morgan fingerprint density at radius 1 is 1.35 bits per heavy atom. The van der Waals surface area contributed by atoms with Crippen LogP contribution < -0.4 is 5.32 Å². The van der Waals surface area contributed by atoms with E-state index in [4.69, 9.17) is 4.74 Å². The molecule has 0 spiro atoms. The zero-order valence-corrected chi connectivity index (χ0v) is 11.4. The number of carbonyl (C=O) groups is 2. The van der Waals surface area contributed by atoms with E-state index < -0.39 is 34.9 Å². The summed E-state index contributed by atoms with van der Waals surface area (Å²) in [5, 5.41) is 12.9. The van der Waals surface area contributed by atoms with Crippen molar-refractivity contribution in [3.63, 3.8) is 0 Å². The molecule has 9 nitrogen and oxygen atoms in total. The number of halogens is 1. The van der Waals surface area contributed by atoms with Crippen molar-refractivity contribution in [3.05, 3.63) is 58.4 Å². The lowest BCUT2D eigenvalue weighted by Gasteiger charge is -2.06. The average molecular weight is 320 g/mol. The predicted molar refractivity (Wildman–Crippen MR) is 74.0 cm³/mol. The topological polar surface area (TPSA) is 124 Å². The lowest BCUT2D eigenvalue weighted by molar-refractivity contribution is -0.387. The van der Waals surface area contributed by atoms with Crippen LogP contribution >= 0.6 is 0 Å². The van der Waals surface area contributed by atoms with Gasteiger partial charge in [0.2, 0.25) is 5.82 Å². The highest BCUT2D eigenvalue weighted by Gasteiger charge is 2.16. The summed E-state index contributed by atoms with van der Waals surface area (Å²) in [5.41, 5.74) is -0.851. The van der Waals surface area contributed by atoms with Crippen LogP contribution in [0.15, 0.2) is 36.8 Å². The summed E-state index contributed by atoms with van der Waals surface area (Å²) >= 11 is 0. The Labute approximate surface area is 128 Å². The number of carbonyl (C=O) groups excluding carboxylic acids is 2. The molecule has 0 unspecified atom stereocenters. The molecule has 1 N–H and O–H groups in total. The highest BCUT2D eigenvalue weighted by molar-refractivity contribution is 5.94. The number of nitrogens with zero attached hydrogens (tertiary/aromatic N) is 3. The van der Waals surface area contributed by atoms with Crippen molar-refractivity contribution >= 4 is 23.3 Å². The van der Waals surface area contributed by atoms with Gasteiger partial charge in [-0.25, -0.2) is 9.78 Å². The maximum absolute atomic E-state index is 13.2. The van der Waals surface area contributed by atoms with Crippen LogP contribution in [0.4, 0.5) is 15.8 Å². The maximum atomic E-state index is 13.2. The molecule has 0 aliphatic carbocycles. The number of amides is 1. The molecule has 1 heterocycles. The van der Waals surface area contributed by atoms with Gasteiger partial charge in [0.25, 0.3) is 5.91 Å². The Hall–Kier alpha value is -3.43. The normalized spacial score (nSPS) is 9.96. The number of ether oxygens (including phenoxy) is 1. The molecule has 23 heavy (non-hydrogen) atoms. The summed E-state index contributed by atoms with van der Waals surface area (Å²) in [4.78, 5) is 40.2. The Morgan fingerprint density at radius 2 is 2.13 bits per heavy atom. The zero-order chi connectivity index (χ0) is 16.8. The van der Waals surface area contributed by atoms with Gasteiger partial charge in [-0.2, -0.15) is 4.39 Å². The molecule has 0 fully saturated rings. The summed E-state index contributed by atoms with van der Waals surface area (Å²) in [5.74, 6) is -2.62. The van der Waals surface area contributed by atoms with Gasteiger partial charge in [0.15, 0.2) is 12.3 Å². The van der Waals surface area contributed by atoms with Crippen molar-refractivity contribution in [2.24, 2.45) is 0 Å². The van der Waals surface area contributed by atoms with E-state index in [1.54, 1.807) is 0 Å². The van der Waals surface area contributed by atoms with Gasteiger partial charge in [-0.15, -0.1) is 0 Å². The molecule has 2 aromatic rings. The number of benzene rings is 1. The van der Waals surface area contributed by atoms with Gasteiger partial charge >= 0.3 is 11.7 Å². The second kappa shape index (κ2) is 7.02. The van der Waals surface area contributed by atoms with Gasteiger partial charge < -0.3 is 10.1 Å². The van der Waals surface area contributed by atoms with Crippen molar-refractivity contribution in [1.82, 2.24) is 9.97 Å². The molecule has 0 radical (unpaired) electrons. The number of hydrogen-bond acceptors (Lipinski definition) is 7. The average Bonchev–Trinajstić information content (AvgIpc) is 2.55. The molecule has 1 amide bonds. The van der Waals surface area contributed by atoms with Crippen LogP contribution in [0.25, 0.3) is 0 Å². The SMILES string of the molecule is O=C(COC(=O)c1cnccn1)Nc1ccc(F)c([N+](=O)[O-])c1. The van der Waals surface area contributed by atoms with Gasteiger partial charge in [-0.3, -0.25) is 19.9 Å². The number of anilines is 1. The molecule has 2 rings (SSSR count). The van der Waals surface area contributed by atoms with Gasteiger partial charge in [0, 0.05) is 24.1 Å². The summed E-state index contributed by atoms with van der Waals surface area (Å²) in [7, 11) is 0. The Kier molecular flexibility index (Phi) is 4.87. The Balaban J connectivity index is 1.94. The predicted octanol–water partition coefficient (Wildman–Crippen LogP) is 1.32. The van der Waals surface area contributed by atoms with Crippen LogP contribution in [-0.2, 0) is 9.53 Å². The first-order valence-electron chi connectivity index (χ1n) is 6.14. The van der Waals surface area contributed by atoms with Crippen molar-refractivity contribution in [2.45, 2.75) is 0 Å². The molecule has 10 heteroatoms. The minimum atomic E-state index is -1.03. The van der Waals surface area contributed by atoms with Gasteiger partial charge in [-0.05, 0) is 12.1 Å². The smallest absolute Gasteiger partial charge is 0.359 e. The second-order valence-electron chi connectivity index (χ2n) is 4.14. The number of nitrogens with one attached hydrogen (secondary N) is 1. The fraction of sp³-hybridized carbons (Fsp3) is 0.0769. The van der Waals surface area contributed by atoms with Crippen molar-refractivity contribution in [3.8, 4) is 0 Å². The second-order valence-corrected chi connectivity index (χ2v) is 4.14. The third kappa shape index (κ3) is 4.27. The van der Waals surface area contributed by atoms with Crippen LogP contribution in [0.3, 0.4) is 0 Å². The molecule has 1 aromatic carbocycles. The molecular formula is C13H9FN4O5. The highest BCUT2D eigenvalue weighted by Crippen LogP contribution is 2.21. The number of esters is 1. The lowest BCUT2D eigenvalue weighted by atomic mass is 10.2. The molecular weight excluding hydrogens is 311 g/mol. The van der Waals surface area contributed by atoms with Crippen molar-refractivity contribution < 1.29 is 23.6 Å². The maximum Gasteiger partial charge on any atom is 0.359 e. The summed E-state index contributed by atoms with van der Waals surface area (Å²) in [6.45, 7) is -0.638. The van der Waals surface area contributed by atoms with Crippen LogP contribution in [0.5, 0.6) is 0 Å². The Morgan fingerprint density at radius 3 is 2.78 bits per heavy atom. The largest absolute Gasteiger partial charge is 0.451 e. The number of rotatable bonds is 5. The first-order valence-corrected chi connectivity index (χ1v) is 6.14. The standard InChI is InChI=1S/C13H9FN4O5/c14-9-2-1-8(5-11(9)18(21)22)17-12(19)7-23-13(20)10-6-15-3-4-16-10/h1-6H,7H2,(H,17,19). The molecule has 1 aromatic heterocycles. The molecule has 0 aliphatic heterocycles. The van der Waals surface area contributed by atoms with E-state index in [0.717, 1.165) is 18.2 Å². The zero-order valence-electron chi connectivity index (χ0n) is 11.4. The molecule has 0 saturated carbocycles. The number of nitro groups is 1. The highest BCUT2D eigenvalue weighted by atomic mass is 19.1. The fourth-order valence-corrected chi connectivity index (χ4v) is 1.54. The summed E-state index contributed by atoms with van der Waals surface area (Å²) in [6, 6.07) is 2.85. The molecule has 118 valence electrons. The Bertz CT molecular complexity index is 753. The monoisotopic (exact) mass is 320 g/mol. The van der Waals surface area contributed by atoms with E-state index >= 15 is 0 Å². The molecule has 0 atom stereocenters. The molecule has 0 saturated heterocycles. The molecule has 0 bridgehead atoms. The van der Waals surface area contributed by atoms with Crippen LogP contribution in [0, 0.1) is 15.9 Å². The van der Waals surface area contributed by atoms with E-state index in [2.05, 4.69) is 15.3 Å². The summed E-state index contributed by atoms with van der Waals surface area (Å²) < 4.78 is 17.9. The minimum absolute atomic E-state index is 0.00125. The molecule has 0 aliphatic rings. The number of nitro benzene ring substituents is 1. The quantitative estimate of drug-likeness (QED) is 0.500. The third-order valence-electron chi connectivity index (χ3n) is 2.53. The van der Waals surface area contributed by atoms with E-state index in [-0.39, 0.29) is 11.4 Å². The van der Waals surface area contributed by atoms with E-state index in [9.17, 15) is 24.1 Å². The number of aromatic nitrogens is 2. The van der Waals surface area contributed by atoms with Gasteiger partial charge in [0.05, 0.1) is 11.1 Å². The van der Waals surface area contributed by atoms with E-state index in [1.165, 1.54) is 18.6 Å². The minimum Gasteiger partial charge on any atom is -0.451 e. The van der Waals surface area contributed by atoms with Gasteiger partial charge in [0.1, 0.15) is 0 Å². The van der Waals surface area contributed by atoms with Crippen LogP contribution in [0.2, 0.25) is 0 Å². The number of hydrogen-bond donors (Lipinski definition) is 1. The fourth-order valence-electron chi connectivity index (χ4n) is 1.54. The van der Waals surface area contributed by atoms with Crippen LogP contribution in [0.1, 0.15) is 10.5 Å². The third-order valence-corrected chi connectivity index (χ3v) is 2.53.